The summed E-state index contributed by atoms with van der Waals surface area (Å²) in [4.78, 5) is 0. The Labute approximate surface area is 137 Å². The molecule has 21 heavy (non-hydrogen) atoms. The lowest BCUT2D eigenvalue weighted by atomic mass is 9.89. The lowest BCUT2D eigenvalue weighted by Gasteiger charge is -2.21. The molecule has 0 aliphatic heterocycles. The van der Waals surface area contributed by atoms with Crippen molar-refractivity contribution >= 4 is 15.9 Å². The number of methoxy groups -OCH3 is 1. The fourth-order valence-corrected chi connectivity index (χ4v) is 3.94. The van der Waals surface area contributed by atoms with Crippen molar-refractivity contribution < 1.29 is 4.74 Å². The lowest BCUT2D eigenvalue weighted by Crippen LogP contribution is -2.28. The second-order valence-corrected chi connectivity index (χ2v) is 7.53. The summed E-state index contributed by atoms with van der Waals surface area (Å²) in [6.07, 6.45) is 5.33. The van der Waals surface area contributed by atoms with Crippen LogP contribution >= 0.6 is 15.9 Å². The topological polar surface area (TPSA) is 21.3 Å². The third kappa shape index (κ3) is 5.00. The van der Waals surface area contributed by atoms with E-state index in [0.29, 0.717) is 0 Å². The van der Waals surface area contributed by atoms with Gasteiger partial charge in [0.25, 0.3) is 0 Å². The fourth-order valence-electron chi connectivity index (χ4n) is 3.35. The molecule has 0 bridgehead atoms. The normalized spacial score (nSPS) is 22.0. The molecule has 0 saturated heterocycles. The molecule has 1 N–H and O–H groups in total. The van der Waals surface area contributed by atoms with Crippen molar-refractivity contribution in [2.75, 3.05) is 20.2 Å². The minimum absolute atomic E-state index is 0.738. The van der Waals surface area contributed by atoms with Crippen LogP contribution in [-0.2, 0) is 6.42 Å². The first-order chi connectivity index (χ1) is 10.1. The smallest absolute Gasteiger partial charge is 0.133 e. The highest BCUT2D eigenvalue weighted by atomic mass is 79.9. The number of hydrogen-bond donors (Lipinski definition) is 1. The summed E-state index contributed by atoms with van der Waals surface area (Å²) in [6, 6.07) is 6.50. The van der Waals surface area contributed by atoms with Gasteiger partial charge in [0.15, 0.2) is 0 Å². The van der Waals surface area contributed by atoms with E-state index in [1.54, 1.807) is 7.11 Å². The number of benzene rings is 1. The first-order valence-corrected chi connectivity index (χ1v) is 8.92. The van der Waals surface area contributed by atoms with Gasteiger partial charge in [0.2, 0.25) is 0 Å². The predicted octanol–water partition coefficient (Wildman–Crippen LogP) is 4.66. The Kier molecular flexibility index (Phi) is 6.56. The third-order valence-electron chi connectivity index (χ3n) is 4.49. The SMILES string of the molecule is COc1ccc(CC2CCCC2CNCC(C)C)cc1Br. The second-order valence-electron chi connectivity index (χ2n) is 6.68. The van der Waals surface area contributed by atoms with Crippen LogP contribution in [0.25, 0.3) is 0 Å². The third-order valence-corrected chi connectivity index (χ3v) is 5.11. The molecule has 2 unspecified atom stereocenters. The molecule has 1 saturated carbocycles. The molecule has 0 aromatic heterocycles. The molecule has 3 heteroatoms. The molecule has 2 nitrogen and oxygen atoms in total. The van der Waals surface area contributed by atoms with Gasteiger partial charge in [-0.1, -0.05) is 26.3 Å². The molecule has 0 heterocycles. The minimum atomic E-state index is 0.738. The highest BCUT2D eigenvalue weighted by Gasteiger charge is 2.27. The van der Waals surface area contributed by atoms with Crippen molar-refractivity contribution in [2.24, 2.45) is 17.8 Å². The van der Waals surface area contributed by atoms with Gasteiger partial charge in [0.1, 0.15) is 5.75 Å². The molecule has 1 aliphatic rings. The van der Waals surface area contributed by atoms with Crippen molar-refractivity contribution in [3.8, 4) is 5.75 Å². The maximum Gasteiger partial charge on any atom is 0.133 e. The van der Waals surface area contributed by atoms with Crippen LogP contribution in [0.15, 0.2) is 22.7 Å². The first-order valence-electron chi connectivity index (χ1n) is 8.13. The fraction of sp³-hybridized carbons (Fsp3) is 0.667. The number of halogens is 1. The molecule has 0 spiro atoms. The molecule has 1 aliphatic carbocycles. The Morgan fingerprint density at radius 2 is 2.05 bits per heavy atom. The Bertz CT molecular complexity index is 447. The van der Waals surface area contributed by atoms with Crippen LogP contribution in [0.3, 0.4) is 0 Å². The number of nitrogens with one attached hydrogen (secondary N) is 1. The van der Waals surface area contributed by atoms with E-state index in [0.717, 1.165) is 34.5 Å². The van der Waals surface area contributed by atoms with E-state index in [2.05, 4.69) is 53.3 Å². The molecule has 2 rings (SSSR count). The van der Waals surface area contributed by atoms with Crippen molar-refractivity contribution in [1.82, 2.24) is 5.32 Å². The maximum absolute atomic E-state index is 5.31. The van der Waals surface area contributed by atoms with E-state index in [1.165, 1.54) is 37.8 Å². The van der Waals surface area contributed by atoms with Crippen LogP contribution < -0.4 is 10.1 Å². The number of ether oxygens (including phenoxy) is 1. The van der Waals surface area contributed by atoms with E-state index in [9.17, 15) is 0 Å². The summed E-state index contributed by atoms with van der Waals surface area (Å²) < 4.78 is 6.37. The monoisotopic (exact) mass is 353 g/mol. The maximum atomic E-state index is 5.31. The Morgan fingerprint density at radius 3 is 2.71 bits per heavy atom. The number of rotatable bonds is 7. The average Bonchev–Trinajstić information content (AvgIpc) is 2.86. The van der Waals surface area contributed by atoms with E-state index in [1.807, 2.05) is 0 Å². The van der Waals surface area contributed by atoms with Gasteiger partial charge in [0, 0.05) is 0 Å². The summed E-state index contributed by atoms with van der Waals surface area (Å²) in [5.74, 6) is 3.32. The molecular weight excluding hydrogens is 326 g/mol. The Hall–Kier alpha value is -0.540. The summed E-state index contributed by atoms with van der Waals surface area (Å²) in [6.45, 7) is 6.86. The molecule has 0 amide bonds. The highest BCUT2D eigenvalue weighted by molar-refractivity contribution is 9.10. The molecule has 1 aromatic rings. The zero-order chi connectivity index (χ0) is 15.2. The standard InChI is InChI=1S/C18H28BrNO/c1-13(2)11-20-12-16-6-4-5-15(16)9-14-7-8-18(21-3)17(19)10-14/h7-8,10,13,15-16,20H,4-6,9,11-12H2,1-3H3. The van der Waals surface area contributed by atoms with E-state index < -0.39 is 0 Å². The molecule has 1 aromatic carbocycles. The first kappa shape index (κ1) is 16.8. The van der Waals surface area contributed by atoms with Crippen molar-refractivity contribution in [1.29, 1.82) is 0 Å². The van der Waals surface area contributed by atoms with Crippen molar-refractivity contribution in [3.63, 3.8) is 0 Å². The molecular formula is C18H28BrNO. The van der Waals surface area contributed by atoms with E-state index in [-0.39, 0.29) is 0 Å². The van der Waals surface area contributed by atoms with Crippen LogP contribution in [0, 0.1) is 17.8 Å². The van der Waals surface area contributed by atoms with Gasteiger partial charge in [-0.15, -0.1) is 0 Å². The van der Waals surface area contributed by atoms with Gasteiger partial charge in [-0.3, -0.25) is 0 Å². The van der Waals surface area contributed by atoms with Gasteiger partial charge < -0.3 is 10.1 Å². The van der Waals surface area contributed by atoms with Crippen LogP contribution in [0.1, 0.15) is 38.7 Å². The van der Waals surface area contributed by atoms with E-state index >= 15 is 0 Å². The minimum Gasteiger partial charge on any atom is -0.496 e. The van der Waals surface area contributed by atoms with E-state index in [4.69, 9.17) is 4.74 Å². The molecule has 2 atom stereocenters. The van der Waals surface area contributed by atoms with Gasteiger partial charge in [-0.05, 0) is 83.7 Å². The summed E-state index contributed by atoms with van der Waals surface area (Å²) in [5, 5.41) is 3.64. The Morgan fingerprint density at radius 1 is 1.29 bits per heavy atom. The largest absolute Gasteiger partial charge is 0.496 e. The quantitative estimate of drug-likeness (QED) is 0.769. The van der Waals surface area contributed by atoms with Gasteiger partial charge in [-0.25, -0.2) is 0 Å². The van der Waals surface area contributed by atoms with Crippen molar-refractivity contribution in [2.45, 2.75) is 39.5 Å². The van der Waals surface area contributed by atoms with Gasteiger partial charge in [0.05, 0.1) is 11.6 Å². The van der Waals surface area contributed by atoms with Crippen LogP contribution in [0.4, 0.5) is 0 Å². The molecule has 1 fully saturated rings. The van der Waals surface area contributed by atoms with Crippen molar-refractivity contribution in [3.05, 3.63) is 28.2 Å². The number of hydrogen-bond acceptors (Lipinski definition) is 2. The lowest BCUT2D eigenvalue weighted by molar-refractivity contribution is 0.357. The summed E-state index contributed by atoms with van der Waals surface area (Å²) >= 11 is 3.59. The second kappa shape index (κ2) is 8.19. The summed E-state index contributed by atoms with van der Waals surface area (Å²) in [5.41, 5.74) is 1.42. The zero-order valence-corrected chi connectivity index (χ0v) is 15.1. The predicted molar refractivity (Wildman–Crippen MR) is 92.9 cm³/mol. The zero-order valence-electron chi connectivity index (χ0n) is 13.5. The molecule has 0 radical (unpaired) electrons. The molecule has 118 valence electrons. The van der Waals surface area contributed by atoms with Crippen LogP contribution in [-0.4, -0.2) is 20.2 Å². The van der Waals surface area contributed by atoms with Gasteiger partial charge >= 0.3 is 0 Å². The average molecular weight is 354 g/mol. The summed E-state index contributed by atoms with van der Waals surface area (Å²) in [7, 11) is 1.72. The van der Waals surface area contributed by atoms with Crippen LogP contribution in [0.5, 0.6) is 5.75 Å². The van der Waals surface area contributed by atoms with Crippen LogP contribution in [0.2, 0.25) is 0 Å². The highest BCUT2D eigenvalue weighted by Crippen LogP contribution is 2.35. The Balaban J connectivity index is 1.90. The van der Waals surface area contributed by atoms with Gasteiger partial charge in [-0.2, -0.15) is 0 Å².